The Morgan fingerprint density at radius 3 is 1.95 bits per heavy atom. The Hall–Kier alpha value is -1.94. The van der Waals surface area contributed by atoms with Crippen LogP contribution in [0.15, 0.2) is 0 Å². The fraction of sp³-hybridized carbons (Fsp3) is 0.882. The van der Waals surface area contributed by atoms with Crippen LogP contribution in [0.5, 0.6) is 0 Å². The summed E-state index contributed by atoms with van der Waals surface area (Å²) >= 11 is 0. The molecule has 1 rings (SSSR count). The molecule has 1 heterocycles. The van der Waals surface area contributed by atoms with E-state index >= 15 is 0 Å². The first-order valence-electron chi connectivity index (χ1n) is 16.8. The Labute approximate surface area is 269 Å². The van der Waals surface area contributed by atoms with Crippen LogP contribution in [0.1, 0.15) is 123 Å². The van der Waals surface area contributed by atoms with Crippen molar-refractivity contribution in [3.63, 3.8) is 0 Å². The first-order valence-corrected chi connectivity index (χ1v) is 19.0. The van der Waals surface area contributed by atoms with Gasteiger partial charge in [0.15, 0.2) is 11.9 Å². The number of rotatable bonds is 8. The highest BCUT2D eigenvalue weighted by atomic mass is 28.4. The fourth-order valence-electron chi connectivity index (χ4n) is 6.63. The smallest absolute Gasteiger partial charge is 0.410 e. The summed E-state index contributed by atoms with van der Waals surface area (Å²) in [5.74, 6) is -2.47. The summed E-state index contributed by atoms with van der Waals surface area (Å²) in [7, 11) is -2.55. The Morgan fingerprint density at radius 1 is 0.955 bits per heavy atom. The van der Waals surface area contributed by atoms with Crippen LogP contribution in [-0.4, -0.2) is 73.9 Å². The number of carbonyl (C=O) groups excluding carboxylic acids is 4. The number of amides is 2. The Bertz CT molecular complexity index is 936. The van der Waals surface area contributed by atoms with Crippen molar-refractivity contribution in [1.82, 2.24) is 10.2 Å². The molecule has 0 aromatic rings. The SMILES string of the molecule is CC(C)C[C@@H]1[C@@H](O[Si](C(C)C)(C(C)C)C(C)C)CC(=O)O[C@@H](C(C)C)C(=O)[C@H](C)C(=O)NCCCCN1C(=O)OC(C)(C)C. The molecule has 10 heteroatoms. The monoisotopic (exact) mass is 640 g/mol. The number of nitrogens with one attached hydrogen (secondary N) is 1. The zero-order valence-electron chi connectivity index (χ0n) is 30.2. The van der Waals surface area contributed by atoms with E-state index in [9.17, 15) is 19.2 Å². The fourth-order valence-corrected chi connectivity index (χ4v) is 12.2. The van der Waals surface area contributed by atoms with E-state index in [-0.39, 0.29) is 34.9 Å². The van der Waals surface area contributed by atoms with E-state index < -0.39 is 61.8 Å². The molecule has 1 N–H and O–H groups in total. The molecule has 0 unspecified atom stereocenters. The van der Waals surface area contributed by atoms with Crippen LogP contribution in [0.4, 0.5) is 4.79 Å². The summed E-state index contributed by atoms with van der Waals surface area (Å²) in [5.41, 5.74) is 0.0146. The highest BCUT2D eigenvalue weighted by Crippen LogP contribution is 2.44. The molecular weight excluding hydrogens is 576 g/mol. The van der Waals surface area contributed by atoms with E-state index in [1.54, 1.807) is 11.8 Å². The largest absolute Gasteiger partial charge is 0.454 e. The van der Waals surface area contributed by atoms with Gasteiger partial charge in [-0.2, -0.15) is 0 Å². The number of ether oxygens (including phenoxy) is 2. The maximum Gasteiger partial charge on any atom is 0.410 e. The van der Waals surface area contributed by atoms with Crippen molar-refractivity contribution in [2.24, 2.45) is 17.8 Å². The minimum absolute atomic E-state index is 0.116. The summed E-state index contributed by atoms with van der Waals surface area (Å²) in [4.78, 5) is 55.7. The molecule has 0 radical (unpaired) electrons. The molecule has 0 spiro atoms. The van der Waals surface area contributed by atoms with Gasteiger partial charge in [0.2, 0.25) is 14.2 Å². The molecule has 44 heavy (non-hydrogen) atoms. The molecule has 0 aliphatic carbocycles. The molecule has 0 bridgehead atoms. The van der Waals surface area contributed by atoms with Gasteiger partial charge < -0.3 is 24.1 Å². The van der Waals surface area contributed by atoms with Crippen LogP contribution < -0.4 is 5.32 Å². The Balaban J connectivity index is 3.89. The van der Waals surface area contributed by atoms with Gasteiger partial charge in [0.25, 0.3) is 0 Å². The van der Waals surface area contributed by atoms with Gasteiger partial charge in [-0.25, -0.2) is 4.79 Å². The predicted molar refractivity (Wildman–Crippen MR) is 178 cm³/mol. The lowest BCUT2D eigenvalue weighted by atomic mass is 9.93. The lowest BCUT2D eigenvalue weighted by Gasteiger charge is -2.48. The average molecular weight is 641 g/mol. The zero-order valence-corrected chi connectivity index (χ0v) is 31.2. The second kappa shape index (κ2) is 17.1. The number of hydrogen-bond donors (Lipinski definition) is 1. The maximum absolute atomic E-state index is 13.9. The molecule has 1 aliphatic heterocycles. The first kappa shape index (κ1) is 40.1. The summed E-state index contributed by atoms with van der Waals surface area (Å²) in [6.45, 7) is 28.8. The summed E-state index contributed by atoms with van der Waals surface area (Å²) in [6.07, 6.45) is -0.497. The number of cyclic esters (lactones) is 1. The average Bonchev–Trinajstić information content (AvgIpc) is 2.87. The van der Waals surface area contributed by atoms with E-state index in [1.807, 2.05) is 34.6 Å². The van der Waals surface area contributed by atoms with Crippen molar-refractivity contribution < 1.29 is 33.1 Å². The number of hydrogen-bond acceptors (Lipinski definition) is 7. The van der Waals surface area contributed by atoms with E-state index in [0.29, 0.717) is 32.4 Å². The van der Waals surface area contributed by atoms with Crippen molar-refractivity contribution in [2.45, 2.75) is 163 Å². The van der Waals surface area contributed by atoms with Gasteiger partial charge in [0.05, 0.1) is 24.5 Å². The molecule has 0 saturated carbocycles. The van der Waals surface area contributed by atoms with Gasteiger partial charge in [0.1, 0.15) is 5.60 Å². The molecule has 0 aromatic heterocycles. The molecule has 1 saturated heterocycles. The minimum Gasteiger partial charge on any atom is -0.454 e. The molecule has 0 aromatic carbocycles. The summed E-state index contributed by atoms with van der Waals surface area (Å²) in [6, 6.07) is -0.465. The van der Waals surface area contributed by atoms with Gasteiger partial charge in [-0.3, -0.25) is 14.4 Å². The van der Waals surface area contributed by atoms with Crippen molar-refractivity contribution in [3.8, 4) is 0 Å². The minimum atomic E-state index is -2.55. The van der Waals surface area contributed by atoms with E-state index in [1.165, 1.54) is 0 Å². The lowest BCUT2D eigenvalue weighted by molar-refractivity contribution is -0.162. The van der Waals surface area contributed by atoms with Crippen molar-refractivity contribution in [3.05, 3.63) is 0 Å². The highest BCUT2D eigenvalue weighted by Gasteiger charge is 2.49. The standard InChI is InChI=1S/C34H64N2O7Si/c1-21(2)19-27-28(43-44(23(5)6,24(7)8)25(9)10)20-29(37)41-31(22(3)4)30(38)26(11)32(39)35-17-15-16-18-36(27)33(40)42-34(12,13)14/h21-28,31H,15-20H2,1-14H3,(H,35,39)/t26-,27+,28-,31-/m0/s1. The molecular formula is C34H64N2O7Si. The maximum atomic E-state index is 13.9. The quantitative estimate of drug-likeness (QED) is 0.169. The first-order chi connectivity index (χ1) is 20.1. The van der Waals surface area contributed by atoms with Crippen LogP contribution in [0.25, 0.3) is 0 Å². The van der Waals surface area contributed by atoms with Gasteiger partial charge in [-0.05, 0) is 75.4 Å². The van der Waals surface area contributed by atoms with Crippen molar-refractivity contribution in [2.75, 3.05) is 13.1 Å². The van der Waals surface area contributed by atoms with Crippen LogP contribution >= 0.6 is 0 Å². The third-order valence-electron chi connectivity index (χ3n) is 8.69. The lowest BCUT2D eigenvalue weighted by Crippen LogP contribution is -2.57. The van der Waals surface area contributed by atoms with Crippen LogP contribution in [0.2, 0.25) is 16.6 Å². The van der Waals surface area contributed by atoms with Gasteiger partial charge in [-0.1, -0.05) is 69.2 Å². The van der Waals surface area contributed by atoms with Gasteiger partial charge in [-0.15, -0.1) is 0 Å². The van der Waals surface area contributed by atoms with E-state index in [4.69, 9.17) is 13.9 Å². The number of Topliss-reactive ketones (excluding diaryl/α,β-unsaturated/α-hetero) is 1. The molecule has 1 fully saturated rings. The van der Waals surface area contributed by atoms with E-state index in [0.717, 1.165) is 0 Å². The highest BCUT2D eigenvalue weighted by molar-refractivity contribution is 6.77. The number of carbonyl (C=O) groups is 4. The third kappa shape index (κ3) is 11.1. The van der Waals surface area contributed by atoms with Crippen molar-refractivity contribution >= 4 is 32.1 Å². The zero-order chi connectivity index (χ0) is 34.2. The molecule has 4 atom stereocenters. The molecule has 1 aliphatic rings. The topological polar surface area (TPSA) is 111 Å². The van der Waals surface area contributed by atoms with Gasteiger partial charge >= 0.3 is 12.1 Å². The molecule has 9 nitrogen and oxygen atoms in total. The van der Waals surface area contributed by atoms with Crippen LogP contribution in [0.3, 0.4) is 0 Å². The Morgan fingerprint density at radius 2 is 1.50 bits per heavy atom. The number of ketones is 1. The third-order valence-corrected chi connectivity index (χ3v) is 14.8. The number of nitrogens with zero attached hydrogens (tertiary/aromatic N) is 1. The van der Waals surface area contributed by atoms with Gasteiger partial charge in [0, 0.05) is 13.1 Å². The van der Waals surface area contributed by atoms with E-state index in [2.05, 4.69) is 60.7 Å². The predicted octanol–water partition coefficient (Wildman–Crippen LogP) is 7.27. The van der Waals surface area contributed by atoms with Crippen molar-refractivity contribution in [1.29, 1.82) is 0 Å². The number of esters is 1. The second-order valence-corrected chi connectivity index (χ2v) is 20.7. The second-order valence-electron chi connectivity index (χ2n) is 15.3. The van der Waals surface area contributed by atoms with Crippen LogP contribution in [0, 0.1) is 17.8 Å². The summed E-state index contributed by atoms with van der Waals surface area (Å²) in [5, 5.41) is 2.85. The molecule has 256 valence electrons. The molecule has 2 amide bonds. The normalized spacial score (nSPS) is 24.1. The Kier molecular flexibility index (Phi) is 15.6. The summed E-state index contributed by atoms with van der Waals surface area (Å²) < 4.78 is 19.2. The van der Waals surface area contributed by atoms with Crippen LogP contribution in [-0.2, 0) is 28.3 Å².